The Morgan fingerprint density at radius 1 is 1.50 bits per heavy atom. The molecule has 0 bridgehead atoms. The van der Waals surface area contributed by atoms with Gasteiger partial charge in [0.2, 0.25) is 0 Å². The Hall–Kier alpha value is -0.340. The first-order valence-electron chi connectivity index (χ1n) is 3.54. The first-order valence-corrected chi connectivity index (χ1v) is 3.54. The minimum absolute atomic E-state index is 0.178. The van der Waals surface area contributed by atoms with Crippen molar-refractivity contribution in [3.63, 3.8) is 0 Å². The molecular weight excluding hydrogens is 128 g/mol. The summed E-state index contributed by atoms with van der Waals surface area (Å²) in [6.07, 6.45) is 2.59. The van der Waals surface area contributed by atoms with Gasteiger partial charge in [0.05, 0.1) is 5.60 Å². The van der Waals surface area contributed by atoms with Crippen LogP contribution in [0.4, 0.5) is 0 Å². The topological polar surface area (TPSA) is 18.5 Å². The van der Waals surface area contributed by atoms with E-state index in [0.717, 1.165) is 6.42 Å². The van der Waals surface area contributed by atoms with Crippen molar-refractivity contribution in [3.8, 4) is 0 Å². The molecule has 0 aliphatic carbocycles. The Kier molecular flexibility index (Phi) is 4.32. The molecule has 2 heteroatoms. The third-order valence-electron chi connectivity index (χ3n) is 1.32. The molecule has 0 saturated carbocycles. The highest BCUT2D eigenvalue weighted by molar-refractivity contribution is 4.64. The minimum Gasteiger partial charge on any atom is -0.232 e. The number of hydrogen-bond donors (Lipinski definition) is 0. The third-order valence-corrected chi connectivity index (χ3v) is 1.32. The van der Waals surface area contributed by atoms with Crippen LogP contribution in [-0.4, -0.2) is 12.2 Å². The lowest BCUT2D eigenvalue weighted by Gasteiger charge is -2.20. The van der Waals surface area contributed by atoms with Crippen LogP contribution in [0, 0.1) is 0 Å². The number of hydrogen-bond acceptors (Lipinski definition) is 2. The van der Waals surface area contributed by atoms with Crippen LogP contribution < -0.4 is 0 Å². The lowest BCUT2D eigenvalue weighted by Crippen LogP contribution is -2.23. The normalized spacial score (nSPS) is 11.5. The molecule has 0 heterocycles. The minimum atomic E-state index is -0.178. The highest BCUT2D eigenvalue weighted by atomic mass is 17.2. The van der Waals surface area contributed by atoms with E-state index in [9.17, 15) is 0 Å². The Morgan fingerprint density at radius 2 is 2.10 bits per heavy atom. The maximum Gasteiger partial charge on any atom is 0.100 e. The molecule has 0 atom stereocenters. The summed E-state index contributed by atoms with van der Waals surface area (Å²) in [5.74, 6) is 0. The standard InChI is InChI=1S/C8H16O2/c1-5-7-9-10-8(3,4)6-2/h5H,1,6-7H2,2-4H3. The van der Waals surface area contributed by atoms with Crippen LogP contribution in [0.15, 0.2) is 12.7 Å². The summed E-state index contributed by atoms with van der Waals surface area (Å²) in [6.45, 7) is 9.97. The molecule has 0 rings (SSSR count). The molecule has 0 spiro atoms. The van der Waals surface area contributed by atoms with Crippen LogP contribution in [0.25, 0.3) is 0 Å². The van der Waals surface area contributed by atoms with Gasteiger partial charge in [0, 0.05) is 0 Å². The van der Waals surface area contributed by atoms with Gasteiger partial charge in [-0.1, -0.05) is 13.0 Å². The van der Waals surface area contributed by atoms with E-state index in [1.54, 1.807) is 6.08 Å². The van der Waals surface area contributed by atoms with Crippen LogP contribution >= 0.6 is 0 Å². The molecular formula is C8H16O2. The quantitative estimate of drug-likeness (QED) is 0.255. The summed E-state index contributed by atoms with van der Waals surface area (Å²) < 4.78 is 0. The van der Waals surface area contributed by atoms with E-state index in [2.05, 4.69) is 13.5 Å². The maximum atomic E-state index is 5.05. The van der Waals surface area contributed by atoms with E-state index in [0.29, 0.717) is 6.61 Å². The lowest BCUT2D eigenvalue weighted by molar-refractivity contribution is -0.347. The Balaban J connectivity index is 3.36. The van der Waals surface area contributed by atoms with E-state index in [-0.39, 0.29) is 5.60 Å². The van der Waals surface area contributed by atoms with E-state index >= 15 is 0 Å². The summed E-state index contributed by atoms with van der Waals surface area (Å²) in [6, 6.07) is 0. The summed E-state index contributed by atoms with van der Waals surface area (Å²) in [5.41, 5.74) is -0.178. The van der Waals surface area contributed by atoms with Crippen LogP contribution in [-0.2, 0) is 9.78 Å². The van der Waals surface area contributed by atoms with Crippen LogP contribution in [0.1, 0.15) is 27.2 Å². The van der Waals surface area contributed by atoms with Gasteiger partial charge >= 0.3 is 0 Å². The van der Waals surface area contributed by atoms with E-state index in [4.69, 9.17) is 9.78 Å². The van der Waals surface area contributed by atoms with Crippen molar-refractivity contribution in [1.82, 2.24) is 0 Å². The van der Waals surface area contributed by atoms with Crippen LogP contribution in [0.5, 0.6) is 0 Å². The summed E-state index contributed by atoms with van der Waals surface area (Å²) in [7, 11) is 0. The highest BCUT2D eigenvalue weighted by Gasteiger charge is 2.15. The Morgan fingerprint density at radius 3 is 2.50 bits per heavy atom. The molecule has 10 heavy (non-hydrogen) atoms. The van der Waals surface area contributed by atoms with Crippen molar-refractivity contribution in [2.75, 3.05) is 6.61 Å². The second kappa shape index (κ2) is 4.47. The van der Waals surface area contributed by atoms with Gasteiger partial charge in [0.1, 0.15) is 6.61 Å². The van der Waals surface area contributed by atoms with Gasteiger partial charge in [-0.15, -0.1) is 6.58 Å². The molecule has 0 unspecified atom stereocenters. The first-order chi connectivity index (χ1) is 4.62. The van der Waals surface area contributed by atoms with Crippen molar-refractivity contribution in [2.45, 2.75) is 32.8 Å². The van der Waals surface area contributed by atoms with Crippen molar-refractivity contribution in [3.05, 3.63) is 12.7 Å². The molecule has 0 aromatic carbocycles. The van der Waals surface area contributed by atoms with E-state index in [1.165, 1.54) is 0 Å². The Bertz CT molecular complexity index is 97.4. The smallest absolute Gasteiger partial charge is 0.100 e. The van der Waals surface area contributed by atoms with Crippen molar-refractivity contribution < 1.29 is 9.78 Å². The molecule has 0 N–H and O–H groups in total. The van der Waals surface area contributed by atoms with Crippen molar-refractivity contribution in [2.24, 2.45) is 0 Å². The van der Waals surface area contributed by atoms with Crippen LogP contribution in [0.2, 0.25) is 0 Å². The average molecular weight is 144 g/mol. The second-order valence-electron chi connectivity index (χ2n) is 2.77. The third kappa shape index (κ3) is 4.53. The van der Waals surface area contributed by atoms with Gasteiger partial charge in [-0.05, 0) is 20.3 Å². The van der Waals surface area contributed by atoms with Gasteiger partial charge in [0.15, 0.2) is 0 Å². The molecule has 0 saturated heterocycles. The number of rotatable bonds is 5. The van der Waals surface area contributed by atoms with Crippen molar-refractivity contribution >= 4 is 0 Å². The lowest BCUT2D eigenvalue weighted by atomic mass is 10.1. The predicted octanol–water partition coefficient (Wildman–Crippen LogP) is 2.31. The summed E-state index contributed by atoms with van der Waals surface area (Å²) in [5, 5.41) is 0. The zero-order valence-corrected chi connectivity index (χ0v) is 7.02. The Labute approximate surface area is 62.8 Å². The van der Waals surface area contributed by atoms with Gasteiger partial charge in [-0.25, -0.2) is 9.78 Å². The molecule has 0 radical (unpaired) electrons. The zero-order chi connectivity index (χ0) is 8.04. The fraction of sp³-hybridized carbons (Fsp3) is 0.750. The zero-order valence-electron chi connectivity index (χ0n) is 7.02. The predicted molar refractivity (Wildman–Crippen MR) is 41.6 cm³/mol. The first kappa shape index (κ1) is 9.66. The average Bonchev–Trinajstić information content (AvgIpc) is 1.89. The van der Waals surface area contributed by atoms with Crippen molar-refractivity contribution in [1.29, 1.82) is 0 Å². The summed E-state index contributed by atoms with van der Waals surface area (Å²) >= 11 is 0. The summed E-state index contributed by atoms with van der Waals surface area (Å²) in [4.78, 5) is 9.87. The fourth-order valence-corrected chi connectivity index (χ4v) is 0.301. The molecule has 0 aromatic rings. The van der Waals surface area contributed by atoms with E-state index in [1.807, 2.05) is 13.8 Å². The van der Waals surface area contributed by atoms with Gasteiger partial charge in [0.25, 0.3) is 0 Å². The second-order valence-corrected chi connectivity index (χ2v) is 2.77. The van der Waals surface area contributed by atoms with Crippen LogP contribution in [0.3, 0.4) is 0 Å². The molecule has 0 aromatic heterocycles. The monoisotopic (exact) mass is 144 g/mol. The fourth-order valence-electron chi connectivity index (χ4n) is 0.301. The molecule has 0 fully saturated rings. The van der Waals surface area contributed by atoms with Gasteiger partial charge in [-0.3, -0.25) is 0 Å². The molecule has 0 amide bonds. The van der Waals surface area contributed by atoms with Gasteiger partial charge < -0.3 is 0 Å². The molecule has 60 valence electrons. The molecule has 0 aliphatic heterocycles. The largest absolute Gasteiger partial charge is 0.232 e. The van der Waals surface area contributed by atoms with E-state index < -0.39 is 0 Å². The molecule has 0 aliphatic rings. The maximum absolute atomic E-state index is 5.05. The molecule has 2 nitrogen and oxygen atoms in total. The highest BCUT2D eigenvalue weighted by Crippen LogP contribution is 2.13. The SMILES string of the molecule is C=CCOOC(C)(C)CC. The van der Waals surface area contributed by atoms with Gasteiger partial charge in [-0.2, -0.15) is 0 Å².